The van der Waals surface area contributed by atoms with Crippen molar-refractivity contribution in [3.8, 4) is 0 Å². The lowest BCUT2D eigenvalue weighted by Gasteiger charge is -1.96. The predicted octanol–water partition coefficient (Wildman–Crippen LogP) is 0.385. The molecule has 3 heteroatoms. The van der Waals surface area contributed by atoms with E-state index in [-0.39, 0.29) is 17.8 Å². The van der Waals surface area contributed by atoms with Gasteiger partial charge >= 0.3 is 5.97 Å². The molecule has 0 aromatic rings. The molecule has 0 saturated heterocycles. The van der Waals surface area contributed by atoms with Crippen molar-refractivity contribution in [2.24, 2.45) is 11.8 Å². The summed E-state index contributed by atoms with van der Waals surface area (Å²) in [5.74, 6) is -0.406. The van der Waals surface area contributed by atoms with Gasteiger partial charge in [0.25, 0.3) is 0 Å². The van der Waals surface area contributed by atoms with Crippen molar-refractivity contribution < 1.29 is 14.3 Å². The van der Waals surface area contributed by atoms with E-state index in [9.17, 15) is 9.59 Å². The van der Waals surface area contributed by atoms with Gasteiger partial charge in [-0.2, -0.15) is 0 Å². The Morgan fingerprint density at radius 1 is 1.80 bits per heavy atom. The molecule has 0 amide bonds. The fourth-order valence-corrected chi connectivity index (χ4v) is 0.885. The van der Waals surface area contributed by atoms with E-state index in [0.717, 1.165) is 6.29 Å². The van der Waals surface area contributed by atoms with Crippen LogP contribution < -0.4 is 0 Å². The Kier molecular flexibility index (Phi) is 2.04. The summed E-state index contributed by atoms with van der Waals surface area (Å²) in [4.78, 5) is 20.9. The van der Waals surface area contributed by atoms with Crippen LogP contribution in [0.3, 0.4) is 0 Å². The van der Waals surface area contributed by atoms with E-state index in [1.807, 2.05) is 0 Å². The average molecular weight is 142 g/mol. The summed E-state index contributed by atoms with van der Waals surface area (Å²) in [5.41, 5.74) is 0. The van der Waals surface area contributed by atoms with E-state index < -0.39 is 0 Å². The Bertz CT molecular complexity index is 153. The smallest absolute Gasteiger partial charge is 0.309 e. The molecule has 3 nitrogen and oxygen atoms in total. The Morgan fingerprint density at radius 3 is 2.90 bits per heavy atom. The average Bonchev–Trinajstić information content (AvgIpc) is 2.66. The molecule has 0 heterocycles. The highest BCUT2D eigenvalue weighted by atomic mass is 16.5. The molecular weight excluding hydrogens is 132 g/mol. The normalized spacial score (nSPS) is 29.3. The number of carbonyl (C=O) groups is 2. The van der Waals surface area contributed by atoms with Crippen LogP contribution in [0.1, 0.15) is 13.3 Å². The lowest BCUT2D eigenvalue weighted by atomic mass is 10.3. The molecule has 0 spiro atoms. The first kappa shape index (κ1) is 7.25. The van der Waals surface area contributed by atoms with Crippen molar-refractivity contribution in [3.63, 3.8) is 0 Å². The SMILES string of the molecule is CCOC(=O)[C@H]1CC1C=O. The van der Waals surface area contributed by atoms with E-state index >= 15 is 0 Å². The van der Waals surface area contributed by atoms with Gasteiger partial charge in [0.1, 0.15) is 6.29 Å². The highest BCUT2D eigenvalue weighted by Gasteiger charge is 2.43. The van der Waals surface area contributed by atoms with Crippen molar-refractivity contribution in [2.45, 2.75) is 13.3 Å². The van der Waals surface area contributed by atoms with Gasteiger partial charge in [-0.1, -0.05) is 0 Å². The zero-order valence-corrected chi connectivity index (χ0v) is 5.87. The Balaban J connectivity index is 2.25. The van der Waals surface area contributed by atoms with Crippen LogP contribution in [-0.2, 0) is 14.3 Å². The van der Waals surface area contributed by atoms with E-state index in [1.165, 1.54) is 0 Å². The fourth-order valence-electron chi connectivity index (χ4n) is 0.885. The van der Waals surface area contributed by atoms with Crippen LogP contribution >= 0.6 is 0 Å². The van der Waals surface area contributed by atoms with Crippen LogP contribution in [0.15, 0.2) is 0 Å². The maximum absolute atomic E-state index is 10.8. The van der Waals surface area contributed by atoms with E-state index in [0.29, 0.717) is 13.0 Å². The zero-order chi connectivity index (χ0) is 7.56. The van der Waals surface area contributed by atoms with Crippen LogP contribution in [0, 0.1) is 11.8 Å². The number of rotatable bonds is 3. The molecule has 10 heavy (non-hydrogen) atoms. The Hall–Kier alpha value is -0.860. The summed E-state index contributed by atoms with van der Waals surface area (Å²) in [7, 11) is 0. The van der Waals surface area contributed by atoms with E-state index in [2.05, 4.69) is 0 Å². The molecule has 1 fully saturated rings. The third kappa shape index (κ3) is 1.35. The number of aldehydes is 1. The van der Waals surface area contributed by atoms with Crippen molar-refractivity contribution in [2.75, 3.05) is 6.61 Å². The zero-order valence-electron chi connectivity index (χ0n) is 5.87. The molecule has 0 aromatic heterocycles. The molecule has 1 aliphatic rings. The highest BCUT2D eigenvalue weighted by Crippen LogP contribution is 2.37. The summed E-state index contributed by atoms with van der Waals surface area (Å²) in [6.45, 7) is 2.16. The topological polar surface area (TPSA) is 43.4 Å². The first-order chi connectivity index (χ1) is 4.79. The van der Waals surface area contributed by atoms with Crippen LogP contribution in [0.25, 0.3) is 0 Å². The number of ether oxygens (including phenoxy) is 1. The lowest BCUT2D eigenvalue weighted by Crippen LogP contribution is -2.07. The van der Waals surface area contributed by atoms with Gasteiger partial charge in [-0.15, -0.1) is 0 Å². The second kappa shape index (κ2) is 2.82. The van der Waals surface area contributed by atoms with Crippen LogP contribution in [-0.4, -0.2) is 18.9 Å². The van der Waals surface area contributed by atoms with Gasteiger partial charge in [0.05, 0.1) is 12.5 Å². The molecule has 1 saturated carbocycles. The Labute approximate surface area is 59.4 Å². The monoisotopic (exact) mass is 142 g/mol. The minimum absolute atomic E-state index is 0.0564. The molecule has 0 radical (unpaired) electrons. The number of carbonyl (C=O) groups excluding carboxylic acids is 2. The lowest BCUT2D eigenvalue weighted by molar-refractivity contribution is -0.145. The van der Waals surface area contributed by atoms with Gasteiger partial charge < -0.3 is 9.53 Å². The molecule has 0 aliphatic heterocycles. The van der Waals surface area contributed by atoms with Gasteiger partial charge in [-0.25, -0.2) is 0 Å². The standard InChI is InChI=1S/C7H10O3/c1-2-10-7(9)6-3-5(6)4-8/h4-6H,2-3H2,1H3/t5?,6-/m0/s1. The second-order valence-corrected chi connectivity index (χ2v) is 2.39. The minimum Gasteiger partial charge on any atom is -0.466 e. The van der Waals surface area contributed by atoms with Gasteiger partial charge in [-0.3, -0.25) is 4.79 Å². The quantitative estimate of drug-likeness (QED) is 0.422. The largest absolute Gasteiger partial charge is 0.466 e. The summed E-state index contributed by atoms with van der Waals surface area (Å²) in [6.07, 6.45) is 1.50. The van der Waals surface area contributed by atoms with E-state index in [4.69, 9.17) is 4.74 Å². The highest BCUT2D eigenvalue weighted by molar-refractivity contribution is 5.81. The maximum Gasteiger partial charge on any atom is 0.309 e. The molecule has 0 aromatic carbocycles. The van der Waals surface area contributed by atoms with Crippen molar-refractivity contribution >= 4 is 12.3 Å². The van der Waals surface area contributed by atoms with Crippen molar-refractivity contribution in [3.05, 3.63) is 0 Å². The first-order valence-electron chi connectivity index (χ1n) is 3.41. The Morgan fingerprint density at radius 2 is 2.50 bits per heavy atom. The summed E-state index contributed by atoms with van der Waals surface area (Å²) < 4.78 is 4.70. The van der Waals surface area contributed by atoms with Crippen molar-refractivity contribution in [1.82, 2.24) is 0 Å². The maximum atomic E-state index is 10.8. The molecule has 0 bridgehead atoms. The van der Waals surface area contributed by atoms with Crippen LogP contribution in [0.4, 0.5) is 0 Å². The third-order valence-corrected chi connectivity index (χ3v) is 1.60. The number of esters is 1. The number of hydrogen-bond acceptors (Lipinski definition) is 3. The first-order valence-corrected chi connectivity index (χ1v) is 3.41. The fraction of sp³-hybridized carbons (Fsp3) is 0.714. The van der Waals surface area contributed by atoms with Gasteiger partial charge in [-0.05, 0) is 13.3 Å². The van der Waals surface area contributed by atoms with E-state index in [1.54, 1.807) is 6.92 Å². The van der Waals surface area contributed by atoms with Gasteiger partial charge in [0.15, 0.2) is 0 Å². The molecule has 1 aliphatic carbocycles. The third-order valence-electron chi connectivity index (χ3n) is 1.60. The van der Waals surface area contributed by atoms with Gasteiger partial charge in [0, 0.05) is 5.92 Å². The molecule has 56 valence electrons. The minimum atomic E-state index is -0.223. The number of hydrogen-bond donors (Lipinski definition) is 0. The summed E-state index contributed by atoms with van der Waals surface area (Å²) in [6, 6.07) is 0. The van der Waals surface area contributed by atoms with Crippen LogP contribution in [0.2, 0.25) is 0 Å². The molecule has 1 rings (SSSR count). The van der Waals surface area contributed by atoms with Crippen molar-refractivity contribution in [1.29, 1.82) is 0 Å². The summed E-state index contributed by atoms with van der Waals surface area (Å²) >= 11 is 0. The van der Waals surface area contributed by atoms with Gasteiger partial charge in [0.2, 0.25) is 0 Å². The molecule has 2 atom stereocenters. The van der Waals surface area contributed by atoms with Crippen LogP contribution in [0.5, 0.6) is 0 Å². The molecular formula is C7H10O3. The summed E-state index contributed by atoms with van der Waals surface area (Å²) in [5, 5.41) is 0. The predicted molar refractivity (Wildman–Crippen MR) is 34.3 cm³/mol. The molecule has 0 N–H and O–H groups in total. The molecule has 1 unspecified atom stereocenters. The second-order valence-electron chi connectivity index (χ2n) is 2.39.